The zero-order valence-electron chi connectivity index (χ0n) is 19.2. The number of nitrogens with one attached hydrogen (secondary N) is 1. The van der Waals surface area contributed by atoms with Crippen LogP contribution in [0.25, 0.3) is 5.65 Å². The predicted octanol–water partition coefficient (Wildman–Crippen LogP) is 3.48. The molecule has 1 N–H and O–H groups in total. The first-order valence-electron chi connectivity index (χ1n) is 12.0. The number of urea groups is 1. The number of pyridine rings is 1. The smallest absolute Gasteiger partial charge is 0.329 e. The van der Waals surface area contributed by atoms with Gasteiger partial charge in [-0.25, -0.2) is 23.6 Å². The van der Waals surface area contributed by atoms with E-state index < -0.39 is 5.92 Å². The lowest BCUT2D eigenvalue weighted by molar-refractivity contribution is -0.0500. The molecule has 6 rings (SSSR count). The fourth-order valence-corrected chi connectivity index (χ4v) is 5.68. The first-order chi connectivity index (χ1) is 16.3. The first-order valence-corrected chi connectivity index (χ1v) is 12.0. The number of likely N-dealkylation sites (tertiary alicyclic amines) is 1. The van der Waals surface area contributed by atoms with Gasteiger partial charge in [0.05, 0.1) is 5.69 Å². The Labute approximate surface area is 196 Å². The number of nitrogens with zero attached hydrogens (tertiary/aromatic N) is 6. The average molecular weight is 470 g/mol. The molecule has 0 aromatic carbocycles. The summed E-state index contributed by atoms with van der Waals surface area (Å²) in [7, 11) is 0. The number of carbonyl (C=O) groups is 1. The van der Waals surface area contributed by atoms with Crippen molar-refractivity contribution < 1.29 is 13.6 Å². The lowest BCUT2D eigenvalue weighted by Gasteiger charge is -2.35. The van der Waals surface area contributed by atoms with E-state index in [4.69, 9.17) is 9.98 Å². The Morgan fingerprint density at radius 2 is 2.03 bits per heavy atom. The van der Waals surface area contributed by atoms with Crippen LogP contribution in [0.4, 0.5) is 13.6 Å². The number of alkyl halides is 2. The van der Waals surface area contributed by atoms with E-state index in [-0.39, 0.29) is 30.8 Å². The summed E-state index contributed by atoms with van der Waals surface area (Å²) in [4.78, 5) is 28.4. The number of halogens is 2. The minimum Gasteiger partial charge on any atom is -0.353 e. The number of amidine groups is 1. The number of aliphatic imine (C=N–C) groups is 1. The minimum atomic E-state index is -2.56. The SMILES string of the molecule is CC1CN(Cc2cn3ccccc3n2)CC1C1=NC2=CN(C3CCC(F)(F)CC3)CN2C(=O)N1. The van der Waals surface area contributed by atoms with Gasteiger partial charge < -0.3 is 9.30 Å². The van der Waals surface area contributed by atoms with Gasteiger partial charge in [0, 0.05) is 63.0 Å². The Balaban J connectivity index is 1.15. The fraction of sp³-hybridized carbons (Fsp3) is 0.542. The Morgan fingerprint density at radius 3 is 2.82 bits per heavy atom. The molecular weight excluding hydrogens is 440 g/mol. The molecule has 2 aromatic rings. The molecule has 5 heterocycles. The highest BCUT2D eigenvalue weighted by atomic mass is 19.3. The maximum Gasteiger partial charge on any atom is 0.329 e. The van der Waals surface area contributed by atoms with Crippen LogP contribution < -0.4 is 5.32 Å². The molecule has 2 amide bonds. The van der Waals surface area contributed by atoms with Crippen LogP contribution in [-0.2, 0) is 6.54 Å². The van der Waals surface area contributed by atoms with Crippen molar-refractivity contribution in [3.8, 4) is 0 Å². The van der Waals surface area contributed by atoms with Crippen LogP contribution in [0.1, 0.15) is 38.3 Å². The summed E-state index contributed by atoms with van der Waals surface area (Å²) in [6.07, 6.45) is 6.60. The molecule has 2 fully saturated rings. The molecule has 0 spiro atoms. The molecule has 2 aromatic heterocycles. The zero-order valence-corrected chi connectivity index (χ0v) is 19.2. The number of fused-ring (bicyclic) bond motifs is 2. The quantitative estimate of drug-likeness (QED) is 0.745. The minimum absolute atomic E-state index is 0.0236. The molecule has 1 saturated carbocycles. The Bertz CT molecular complexity index is 1130. The van der Waals surface area contributed by atoms with Crippen molar-refractivity contribution in [2.75, 3.05) is 19.8 Å². The molecule has 1 aliphatic carbocycles. The highest BCUT2D eigenvalue weighted by Gasteiger charge is 2.42. The van der Waals surface area contributed by atoms with Crippen molar-refractivity contribution >= 4 is 17.5 Å². The molecule has 2 atom stereocenters. The van der Waals surface area contributed by atoms with Crippen molar-refractivity contribution in [2.45, 2.75) is 51.1 Å². The van der Waals surface area contributed by atoms with E-state index in [0.717, 1.165) is 31.0 Å². The van der Waals surface area contributed by atoms with Crippen LogP contribution in [0, 0.1) is 11.8 Å². The van der Waals surface area contributed by atoms with Crippen molar-refractivity contribution in [1.82, 2.24) is 29.4 Å². The number of amides is 2. The standard InChI is InChI=1S/C24H29F2N7O/c1-16-10-30(11-17-12-31-9-3-2-4-20(31)27-17)13-19(16)22-28-21-14-32(15-33(21)23(34)29-22)18-5-7-24(25,26)8-6-18/h2-4,9,12,14,16,18-19H,5-8,10-11,13,15H2,1H3,(H,28,29,34). The monoisotopic (exact) mass is 469 g/mol. The third-order valence-corrected chi connectivity index (χ3v) is 7.57. The van der Waals surface area contributed by atoms with E-state index in [9.17, 15) is 13.6 Å². The second kappa shape index (κ2) is 8.04. The van der Waals surface area contributed by atoms with Crippen LogP contribution in [0.2, 0.25) is 0 Å². The Morgan fingerprint density at radius 1 is 1.21 bits per heavy atom. The van der Waals surface area contributed by atoms with E-state index >= 15 is 0 Å². The first kappa shape index (κ1) is 21.5. The second-order valence-corrected chi connectivity index (χ2v) is 10.1. The Kier molecular flexibility index (Phi) is 5.09. The van der Waals surface area contributed by atoms with Gasteiger partial charge in [0.2, 0.25) is 5.92 Å². The van der Waals surface area contributed by atoms with E-state index in [2.05, 4.69) is 23.3 Å². The lowest BCUT2D eigenvalue weighted by atomic mass is 9.91. The molecule has 8 nitrogen and oxygen atoms in total. The largest absolute Gasteiger partial charge is 0.353 e. The lowest BCUT2D eigenvalue weighted by Crippen LogP contribution is -2.50. The van der Waals surface area contributed by atoms with Gasteiger partial charge in [0.15, 0.2) is 5.82 Å². The number of carbonyl (C=O) groups excluding carboxylic acids is 1. The molecule has 4 aliphatic rings. The highest BCUT2D eigenvalue weighted by Crippen LogP contribution is 2.37. The third-order valence-electron chi connectivity index (χ3n) is 7.57. The summed E-state index contributed by atoms with van der Waals surface area (Å²) < 4.78 is 29.2. The number of hydrogen-bond acceptors (Lipinski definition) is 5. The fourth-order valence-electron chi connectivity index (χ4n) is 5.68. The highest BCUT2D eigenvalue weighted by molar-refractivity contribution is 6.02. The zero-order chi connectivity index (χ0) is 23.4. The topological polar surface area (TPSA) is 68.5 Å². The molecule has 1 saturated heterocycles. The van der Waals surface area contributed by atoms with Crippen molar-refractivity contribution in [1.29, 1.82) is 0 Å². The molecule has 3 aliphatic heterocycles. The normalized spacial score (nSPS) is 27.7. The van der Waals surface area contributed by atoms with Crippen LogP contribution in [-0.4, -0.2) is 67.7 Å². The summed E-state index contributed by atoms with van der Waals surface area (Å²) in [5.41, 5.74) is 1.96. The van der Waals surface area contributed by atoms with Gasteiger partial charge in [-0.15, -0.1) is 0 Å². The van der Waals surface area contributed by atoms with Gasteiger partial charge in [-0.1, -0.05) is 13.0 Å². The molecule has 2 unspecified atom stereocenters. The summed E-state index contributed by atoms with van der Waals surface area (Å²) in [5, 5.41) is 3.01. The van der Waals surface area contributed by atoms with Crippen LogP contribution in [0.15, 0.2) is 47.6 Å². The third kappa shape index (κ3) is 3.93. The summed E-state index contributed by atoms with van der Waals surface area (Å²) in [6, 6.07) is 5.80. The van der Waals surface area contributed by atoms with Crippen molar-refractivity contribution in [3.63, 3.8) is 0 Å². The molecule has 180 valence electrons. The van der Waals surface area contributed by atoms with E-state index in [1.165, 1.54) is 0 Å². The number of aromatic nitrogens is 2. The molecule has 34 heavy (non-hydrogen) atoms. The van der Waals surface area contributed by atoms with Crippen LogP contribution in [0.5, 0.6) is 0 Å². The maximum atomic E-state index is 13.6. The Hall–Kier alpha value is -3.01. The van der Waals surface area contributed by atoms with Gasteiger partial charge in [0.1, 0.15) is 18.2 Å². The van der Waals surface area contributed by atoms with Crippen molar-refractivity contribution in [2.24, 2.45) is 16.8 Å². The van der Waals surface area contributed by atoms with E-state index in [1.807, 2.05) is 39.9 Å². The molecule has 0 bridgehead atoms. The summed E-state index contributed by atoms with van der Waals surface area (Å²) in [5.74, 6) is -0.795. The van der Waals surface area contributed by atoms with E-state index in [0.29, 0.717) is 37.1 Å². The van der Waals surface area contributed by atoms with Crippen LogP contribution >= 0.6 is 0 Å². The van der Waals surface area contributed by atoms with E-state index in [1.54, 1.807) is 4.90 Å². The summed E-state index contributed by atoms with van der Waals surface area (Å²) in [6.45, 7) is 5.00. The molecular formula is C24H29F2N7O. The van der Waals surface area contributed by atoms with Gasteiger partial charge in [-0.05, 0) is 30.9 Å². The van der Waals surface area contributed by atoms with Crippen LogP contribution in [0.3, 0.4) is 0 Å². The predicted molar refractivity (Wildman–Crippen MR) is 123 cm³/mol. The summed E-state index contributed by atoms with van der Waals surface area (Å²) >= 11 is 0. The number of imidazole rings is 1. The average Bonchev–Trinajstić information content (AvgIpc) is 3.50. The molecule has 0 radical (unpaired) electrons. The molecule has 10 heteroatoms. The van der Waals surface area contributed by atoms with Gasteiger partial charge in [-0.3, -0.25) is 15.1 Å². The second-order valence-electron chi connectivity index (χ2n) is 10.1. The van der Waals surface area contributed by atoms with Crippen molar-refractivity contribution in [3.05, 3.63) is 48.3 Å². The van der Waals surface area contributed by atoms with Gasteiger partial charge >= 0.3 is 6.03 Å². The maximum absolute atomic E-state index is 13.6. The number of rotatable bonds is 4. The number of hydrogen-bond donors (Lipinski definition) is 1. The van der Waals surface area contributed by atoms with Gasteiger partial charge in [0.25, 0.3) is 0 Å². The van der Waals surface area contributed by atoms with Gasteiger partial charge in [-0.2, -0.15) is 0 Å².